The second-order valence-corrected chi connectivity index (χ2v) is 6.30. The van der Waals surface area contributed by atoms with Crippen molar-refractivity contribution in [2.24, 2.45) is 0 Å². The lowest BCUT2D eigenvalue weighted by Gasteiger charge is -2.14. The summed E-state index contributed by atoms with van der Waals surface area (Å²) < 4.78 is 7.48. The molecule has 2 aliphatic rings. The SMILES string of the molecule is O=C(O)c1c(OC2CCCC2)cnn1C1CCSC1. The summed E-state index contributed by atoms with van der Waals surface area (Å²) >= 11 is 1.85. The summed E-state index contributed by atoms with van der Waals surface area (Å²) in [6, 6.07) is 0.192. The number of hydrogen-bond donors (Lipinski definition) is 1. The third kappa shape index (κ3) is 2.59. The molecule has 104 valence electrons. The van der Waals surface area contributed by atoms with Crippen LogP contribution in [0.2, 0.25) is 0 Å². The number of hydrogen-bond acceptors (Lipinski definition) is 4. The highest BCUT2D eigenvalue weighted by atomic mass is 32.2. The fraction of sp³-hybridized carbons (Fsp3) is 0.692. The number of ether oxygens (including phenoxy) is 1. The molecule has 1 N–H and O–H groups in total. The topological polar surface area (TPSA) is 64.3 Å². The van der Waals surface area contributed by atoms with Gasteiger partial charge in [-0.2, -0.15) is 16.9 Å². The molecule has 0 radical (unpaired) electrons. The van der Waals surface area contributed by atoms with Crippen molar-refractivity contribution in [3.8, 4) is 5.75 Å². The number of thioether (sulfide) groups is 1. The fourth-order valence-electron chi connectivity index (χ4n) is 2.81. The third-order valence-corrected chi connectivity index (χ3v) is 4.96. The van der Waals surface area contributed by atoms with Gasteiger partial charge in [0.2, 0.25) is 0 Å². The predicted octanol–water partition coefficient (Wildman–Crippen LogP) is 2.58. The van der Waals surface area contributed by atoms with Crippen LogP contribution in [0.15, 0.2) is 6.20 Å². The highest BCUT2D eigenvalue weighted by Crippen LogP contribution is 2.32. The van der Waals surface area contributed by atoms with E-state index >= 15 is 0 Å². The number of carboxylic acids is 1. The molecule has 0 amide bonds. The predicted molar refractivity (Wildman–Crippen MR) is 73.0 cm³/mol. The molecule has 0 spiro atoms. The second kappa shape index (κ2) is 5.45. The lowest BCUT2D eigenvalue weighted by molar-refractivity contribution is 0.0672. The molecular weight excluding hydrogens is 264 g/mol. The van der Waals surface area contributed by atoms with Gasteiger partial charge in [-0.3, -0.25) is 4.68 Å². The Labute approximate surface area is 116 Å². The first-order valence-corrected chi connectivity index (χ1v) is 7.96. The molecule has 2 heterocycles. The van der Waals surface area contributed by atoms with Gasteiger partial charge in [-0.25, -0.2) is 4.79 Å². The zero-order chi connectivity index (χ0) is 13.2. The van der Waals surface area contributed by atoms with E-state index < -0.39 is 5.97 Å². The van der Waals surface area contributed by atoms with Gasteiger partial charge in [0.25, 0.3) is 0 Å². The highest BCUT2D eigenvalue weighted by Gasteiger charge is 2.28. The summed E-state index contributed by atoms with van der Waals surface area (Å²) in [5, 5.41) is 13.7. The smallest absolute Gasteiger partial charge is 0.358 e. The Morgan fingerprint density at radius 1 is 1.42 bits per heavy atom. The Hall–Kier alpha value is -1.17. The van der Waals surface area contributed by atoms with Crippen LogP contribution in [0.5, 0.6) is 5.75 Å². The summed E-state index contributed by atoms with van der Waals surface area (Å²) in [5.74, 6) is 1.51. The van der Waals surface area contributed by atoms with Crippen LogP contribution in [0, 0.1) is 0 Å². The quantitative estimate of drug-likeness (QED) is 0.919. The van der Waals surface area contributed by atoms with Crippen molar-refractivity contribution in [3.05, 3.63) is 11.9 Å². The summed E-state index contributed by atoms with van der Waals surface area (Å²) in [6.07, 6.45) is 7.09. The molecule has 1 unspecified atom stereocenters. The second-order valence-electron chi connectivity index (χ2n) is 5.15. The average Bonchev–Trinajstić information content (AvgIpc) is 3.09. The molecule has 5 nitrogen and oxygen atoms in total. The van der Waals surface area contributed by atoms with Gasteiger partial charge in [0, 0.05) is 5.75 Å². The molecule has 1 saturated heterocycles. The first-order valence-electron chi connectivity index (χ1n) is 6.81. The van der Waals surface area contributed by atoms with Crippen molar-refractivity contribution < 1.29 is 14.6 Å². The molecule has 1 aliphatic carbocycles. The van der Waals surface area contributed by atoms with Crippen LogP contribution in [-0.4, -0.2) is 38.5 Å². The van der Waals surface area contributed by atoms with Crippen LogP contribution in [0.4, 0.5) is 0 Å². The van der Waals surface area contributed by atoms with Crippen molar-refractivity contribution in [3.63, 3.8) is 0 Å². The Morgan fingerprint density at radius 3 is 2.84 bits per heavy atom. The Bertz CT molecular complexity index is 462. The maximum atomic E-state index is 11.5. The molecule has 2 fully saturated rings. The van der Waals surface area contributed by atoms with Crippen molar-refractivity contribution >= 4 is 17.7 Å². The number of carboxylic acid groups (broad SMARTS) is 1. The first-order chi connectivity index (χ1) is 9.25. The van der Waals surface area contributed by atoms with E-state index in [4.69, 9.17) is 4.74 Å². The lowest BCUT2D eigenvalue weighted by atomic mass is 10.2. The zero-order valence-electron chi connectivity index (χ0n) is 10.7. The number of aromatic nitrogens is 2. The molecule has 1 atom stereocenters. The minimum Gasteiger partial charge on any atom is -0.486 e. The minimum absolute atomic E-state index is 0.161. The maximum absolute atomic E-state index is 11.5. The molecule has 1 aliphatic heterocycles. The van der Waals surface area contributed by atoms with Crippen molar-refractivity contribution in [2.75, 3.05) is 11.5 Å². The van der Waals surface area contributed by atoms with Gasteiger partial charge in [-0.15, -0.1) is 0 Å². The van der Waals surface area contributed by atoms with Crippen LogP contribution in [0.1, 0.15) is 48.6 Å². The van der Waals surface area contributed by atoms with E-state index in [0.29, 0.717) is 5.75 Å². The molecule has 1 aromatic rings. The Balaban J connectivity index is 1.84. The van der Waals surface area contributed by atoms with Gasteiger partial charge in [0.15, 0.2) is 11.4 Å². The van der Waals surface area contributed by atoms with Crippen LogP contribution < -0.4 is 4.74 Å². The highest BCUT2D eigenvalue weighted by molar-refractivity contribution is 7.99. The van der Waals surface area contributed by atoms with E-state index in [1.165, 1.54) is 12.8 Å². The number of rotatable bonds is 4. The average molecular weight is 282 g/mol. The van der Waals surface area contributed by atoms with Crippen LogP contribution >= 0.6 is 11.8 Å². The third-order valence-electron chi connectivity index (χ3n) is 3.81. The van der Waals surface area contributed by atoms with Crippen molar-refractivity contribution in [1.82, 2.24) is 9.78 Å². The molecule has 1 aromatic heterocycles. The molecule has 19 heavy (non-hydrogen) atoms. The minimum atomic E-state index is -0.942. The van der Waals surface area contributed by atoms with Gasteiger partial charge < -0.3 is 9.84 Å². The monoisotopic (exact) mass is 282 g/mol. The summed E-state index contributed by atoms with van der Waals surface area (Å²) in [7, 11) is 0. The van der Waals surface area contributed by atoms with E-state index in [1.807, 2.05) is 11.8 Å². The zero-order valence-corrected chi connectivity index (χ0v) is 11.6. The molecular formula is C13H18N2O3S. The standard InChI is InChI=1S/C13H18N2O3S/c16-13(17)12-11(18-10-3-1-2-4-10)7-14-15(12)9-5-6-19-8-9/h7,9-10H,1-6,8H2,(H,16,17). The van der Waals surface area contributed by atoms with E-state index in [2.05, 4.69) is 5.10 Å². The van der Waals surface area contributed by atoms with Crippen LogP contribution in [-0.2, 0) is 0 Å². The summed E-state index contributed by atoms with van der Waals surface area (Å²) in [5.41, 5.74) is 0.222. The molecule has 1 saturated carbocycles. The van der Waals surface area contributed by atoms with Crippen LogP contribution in [0.25, 0.3) is 0 Å². The summed E-state index contributed by atoms with van der Waals surface area (Å²) in [4.78, 5) is 11.5. The van der Waals surface area contributed by atoms with Gasteiger partial charge in [0.1, 0.15) is 0 Å². The maximum Gasteiger partial charge on any atom is 0.358 e. The van der Waals surface area contributed by atoms with Crippen molar-refractivity contribution in [2.45, 2.75) is 44.2 Å². The number of aromatic carboxylic acids is 1. The van der Waals surface area contributed by atoms with Gasteiger partial charge in [0.05, 0.1) is 18.3 Å². The van der Waals surface area contributed by atoms with E-state index in [9.17, 15) is 9.90 Å². The first kappa shape index (κ1) is 12.8. The normalized spacial score (nSPS) is 23.9. The van der Waals surface area contributed by atoms with Crippen LogP contribution in [0.3, 0.4) is 0 Å². The molecule has 6 heteroatoms. The van der Waals surface area contributed by atoms with Crippen molar-refractivity contribution in [1.29, 1.82) is 0 Å². The summed E-state index contributed by atoms with van der Waals surface area (Å²) in [6.45, 7) is 0. The van der Waals surface area contributed by atoms with E-state index in [0.717, 1.165) is 30.8 Å². The molecule has 3 rings (SSSR count). The lowest BCUT2D eigenvalue weighted by Crippen LogP contribution is -2.18. The molecule has 0 aromatic carbocycles. The Morgan fingerprint density at radius 2 is 2.21 bits per heavy atom. The fourth-order valence-corrected chi connectivity index (χ4v) is 4.00. The largest absolute Gasteiger partial charge is 0.486 e. The number of carbonyl (C=O) groups is 1. The molecule has 0 bridgehead atoms. The number of nitrogens with zero attached hydrogens (tertiary/aromatic N) is 2. The van der Waals surface area contributed by atoms with E-state index in [1.54, 1.807) is 10.9 Å². The van der Waals surface area contributed by atoms with Gasteiger partial charge in [-0.05, 0) is 37.9 Å². The van der Waals surface area contributed by atoms with E-state index in [-0.39, 0.29) is 17.8 Å². The van der Waals surface area contributed by atoms with Gasteiger partial charge >= 0.3 is 5.97 Å². The Kier molecular flexibility index (Phi) is 3.68. The van der Waals surface area contributed by atoms with Gasteiger partial charge in [-0.1, -0.05) is 0 Å².